The van der Waals surface area contributed by atoms with Gasteiger partial charge in [0.2, 0.25) is 0 Å². The quantitative estimate of drug-likeness (QED) is 0.535. The molecule has 1 fully saturated rings. The summed E-state index contributed by atoms with van der Waals surface area (Å²) in [4.78, 5) is 21.3. The lowest BCUT2D eigenvalue weighted by Crippen LogP contribution is -2.51. The molecule has 1 amide bonds. The number of amides is 1. The maximum atomic E-state index is 10.3. The Hall–Kier alpha value is -0.780. The normalized spacial score (nSPS) is 21.7. The van der Waals surface area contributed by atoms with Gasteiger partial charge in [0, 0.05) is 6.54 Å². The van der Waals surface area contributed by atoms with Crippen molar-refractivity contribution in [3.05, 3.63) is 0 Å². The van der Waals surface area contributed by atoms with Gasteiger partial charge in [-0.3, -0.25) is 0 Å². The van der Waals surface area contributed by atoms with Crippen LogP contribution in [0.3, 0.4) is 0 Å². The van der Waals surface area contributed by atoms with Crippen LogP contribution in [0.1, 0.15) is 12.8 Å². The molecule has 12 heavy (non-hydrogen) atoms. The third-order valence-electron chi connectivity index (χ3n) is 1.76. The number of hydrogen-bond acceptors (Lipinski definition) is 4. The van der Waals surface area contributed by atoms with Gasteiger partial charge in [-0.25, -0.2) is 0 Å². The number of nitrogens with zero attached hydrogens (tertiary/aromatic N) is 1. The van der Waals surface area contributed by atoms with Crippen molar-refractivity contribution in [2.75, 3.05) is 6.54 Å². The summed E-state index contributed by atoms with van der Waals surface area (Å²) in [7, 11) is 0. The average Bonchev–Trinajstić information content (AvgIpc) is 2.32. The third-order valence-corrected chi connectivity index (χ3v) is 1.76. The van der Waals surface area contributed by atoms with Crippen LogP contribution in [0.25, 0.3) is 0 Å². The molecule has 1 unspecified atom stereocenters. The summed E-state index contributed by atoms with van der Waals surface area (Å²) in [6, 6.07) is -1.00. The molecule has 70 valence electrons. The lowest BCUT2D eigenvalue weighted by Gasteiger charge is -2.27. The van der Waals surface area contributed by atoms with Crippen LogP contribution in [0.5, 0.6) is 0 Å². The van der Waals surface area contributed by atoms with Gasteiger partial charge in [-0.1, -0.05) is 0 Å². The Morgan fingerprint density at radius 3 is 2.25 bits per heavy atom. The van der Waals surface area contributed by atoms with Gasteiger partial charge in [0.15, 0.2) is 0 Å². The molecule has 0 spiro atoms. The van der Waals surface area contributed by atoms with Crippen LogP contribution >= 0.6 is 17.0 Å². The molecule has 0 aromatic rings. The van der Waals surface area contributed by atoms with E-state index in [4.69, 9.17) is 0 Å². The van der Waals surface area contributed by atoms with Crippen molar-refractivity contribution in [1.29, 1.82) is 0 Å². The maximum absolute atomic E-state index is 10.3. The number of rotatable bonds is 1. The Labute approximate surface area is 79.7 Å². The standard InChI is InChI=1S/C6H9NO4.BrH/c8-5(9)4-2-1-3-7(4)6(10)11;/h4H,1-3H2,(H,8,9)(H,10,11);1H/p-2. The van der Waals surface area contributed by atoms with Gasteiger partial charge >= 0.3 is 0 Å². The second-order valence-electron chi connectivity index (χ2n) is 2.44. The van der Waals surface area contributed by atoms with Crippen molar-refractivity contribution in [2.24, 2.45) is 0 Å². The molecule has 6 heteroatoms. The molecule has 1 rings (SSSR count). The first-order chi connectivity index (χ1) is 5.13. The molecule has 0 aliphatic carbocycles. The van der Waals surface area contributed by atoms with Crippen LogP contribution in [0.4, 0.5) is 4.79 Å². The van der Waals surface area contributed by atoms with Gasteiger partial charge in [-0.15, -0.1) is 17.0 Å². The van der Waals surface area contributed by atoms with Crippen molar-refractivity contribution in [3.8, 4) is 0 Å². The smallest absolute Gasteiger partial charge is 0.137 e. The predicted molar refractivity (Wildman–Crippen MR) is 40.5 cm³/mol. The zero-order chi connectivity index (χ0) is 8.43. The highest BCUT2D eigenvalue weighted by Crippen LogP contribution is 2.15. The monoisotopic (exact) mass is 237 g/mol. The summed E-state index contributed by atoms with van der Waals surface area (Å²) in [5.74, 6) is -1.34. The zero-order valence-electron chi connectivity index (χ0n) is 6.19. The molecule has 0 saturated carbocycles. The van der Waals surface area contributed by atoms with Crippen molar-refractivity contribution in [2.45, 2.75) is 18.9 Å². The van der Waals surface area contributed by atoms with Crippen LogP contribution in [-0.2, 0) is 4.79 Å². The SMILES string of the molecule is Br.O=C([O-])C1CCCN1C(=O)[O-]. The Morgan fingerprint density at radius 1 is 1.33 bits per heavy atom. The fraction of sp³-hybridized carbons (Fsp3) is 0.667. The maximum Gasteiger partial charge on any atom is 0.137 e. The Bertz CT molecular complexity index is 176. The number of likely N-dealkylation sites (tertiary alicyclic amines) is 1. The largest absolute Gasteiger partial charge is 0.548 e. The Morgan fingerprint density at radius 2 is 1.92 bits per heavy atom. The van der Waals surface area contributed by atoms with Crippen LogP contribution in [0.2, 0.25) is 0 Å². The fourth-order valence-electron chi connectivity index (χ4n) is 1.23. The van der Waals surface area contributed by atoms with E-state index in [1.165, 1.54) is 0 Å². The van der Waals surface area contributed by atoms with E-state index in [2.05, 4.69) is 0 Å². The van der Waals surface area contributed by atoms with Gasteiger partial charge in [0.05, 0.1) is 12.0 Å². The number of carbonyl (C=O) groups is 2. The van der Waals surface area contributed by atoms with E-state index in [1.54, 1.807) is 0 Å². The van der Waals surface area contributed by atoms with E-state index in [9.17, 15) is 19.8 Å². The van der Waals surface area contributed by atoms with Crippen molar-refractivity contribution >= 4 is 29.0 Å². The summed E-state index contributed by atoms with van der Waals surface area (Å²) in [5.41, 5.74) is 0. The van der Waals surface area contributed by atoms with E-state index in [0.29, 0.717) is 12.8 Å². The summed E-state index contributed by atoms with van der Waals surface area (Å²) >= 11 is 0. The molecule has 0 aromatic heterocycles. The molecular weight excluding hydrogens is 230 g/mol. The van der Waals surface area contributed by atoms with E-state index in [0.717, 1.165) is 4.90 Å². The van der Waals surface area contributed by atoms with Crippen molar-refractivity contribution < 1.29 is 19.8 Å². The minimum Gasteiger partial charge on any atom is -0.548 e. The van der Waals surface area contributed by atoms with Gasteiger partial charge in [-0.05, 0) is 12.8 Å². The second-order valence-corrected chi connectivity index (χ2v) is 2.44. The molecular formula is C6H8BrNO4-2. The lowest BCUT2D eigenvalue weighted by molar-refractivity contribution is -0.314. The Kier molecular flexibility index (Phi) is 4.02. The number of halogens is 1. The van der Waals surface area contributed by atoms with Gasteiger partial charge in [0.1, 0.15) is 6.09 Å². The topological polar surface area (TPSA) is 83.5 Å². The van der Waals surface area contributed by atoms with E-state index >= 15 is 0 Å². The highest BCUT2D eigenvalue weighted by Gasteiger charge is 2.24. The molecule has 5 nitrogen and oxygen atoms in total. The molecule has 1 atom stereocenters. The lowest BCUT2D eigenvalue weighted by atomic mass is 10.2. The average molecular weight is 238 g/mol. The number of aliphatic carboxylic acids is 1. The second kappa shape index (κ2) is 4.30. The highest BCUT2D eigenvalue weighted by atomic mass is 79.9. The summed E-state index contributed by atoms with van der Waals surface area (Å²) in [6.45, 7) is 0.237. The van der Waals surface area contributed by atoms with Crippen LogP contribution in [-0.4, -0.2) is 29.5 Å². The number of carboxylic acid groups (broad SMARTS) is 2. The number of hydrogen-bond donors (Lipinski definition) is 0. The van der Waals surface area contributed by atoms with Gasteiger partial charge < -0.3 is 24.7 Å². The van der Waals surface area contributed by atoms with Crippen molar-refractivity contribution in [3.63, 3.8) is 0 Å². The molecule has 0 radical (unpaired) electrons. The summed E-state index contributed by atoms with van der Waals surface area (Å²) < 4.78 is 0. The number of carbonyl (C=O) groups excluding carboxylic acids is 2. The molecule has 1 aliphatic rings. The minimum atomic E-state index is -1.43. The molecule has 0 N–H and O–H groups in total. The first-order valence-corrected chi connectivity index (χ1v) is 3.31. The van der Waals surface area contributed by atoms with Gasteiger partial charge in [0.25, 0.3) is 0 Å². The third kappa shape index (κ3) is 2.10. The number of carboxylic acids is 1. The zero-order valence-corrected chi connectivity index (χ0v) is 7.90. The highest BCUT2D eigenvalue weighted by molar-refractivity contribution is 8.93. The summed E-state index contributed by atoms with van der Waals surface area (Å²) in [6.07, 6.45) is -0.542. The molecule has 1 saturated heterocycles. The first kappa shape index (κ1) is 11.2. The predicted octanol–water partition coefficient (Wildman–Crippen LogP) is -1.88. The Balaban J connectivity index is 0.00000121. The molecule has 0 aromatic carbocycles. The van der Waals surface area contributed by atoms with Crippen LogP contribution in [0.15, 0.2) is 0 Å². The van der Waals surface area contributed by atoms with Crippen LogP contribution in [0, 0.1) is 0 Å². The minimum absolute atomic E-state index is 0. The molecule has 1 aliphatic heterocycles. The van der Waals surface area contributed by atoms with E-state index < -0.39 is 18.1 Å². The fourth-order valence-corrected chi connectivity index (χ4v) is 1.23. The summed E-state index contributed by atoms with van der Waals surface area (Å²) in [5, 5.41) is 20.5. The molecule has 0 bridgehead atoms. The van der Waals surface area contributed by atoms with E-state index in [1.807, 2.05) is 0 Å². The molecule has 1 heterocycles. The van der Waals surface area contributed by atoms with Crippen LogP contribution < -0.4 is 10.2 Å². The first-order valence-electron chi connectivity index (χ1n) is 3.31. The van der Waals surface area contributed by atoms with Crippen molar-refractivity contribution in [1.82, 2.24) is 4.90 Å². The van der Waals surface area contributed by atoms with Gasteiger partial charge in [-0.2, -0.15) is 0 Å². The van der Waals surface area contributed by atoms with E-state index in [-0.39, 0.29) is 23.5 Å².